The number of esters is 1. The Balaban J connectivity index is 2.09. The van der Waals surface area contributed by atoms with Crippen LogP contribution in [0.25, 0.3) is 10.9 Å². The zero-order valence-electron chi connectivity index (χ0n) is 9.13. The highest BCUT2D eigenvalue weighted by molar-refractivity contribution is 5.96. The molecule has 6 heteroatoms. The zero-order valence-corrected chi connectivity index (χ0v) is 9.13. The van der Waals surface area contributed by atoms with Crippen molar-refractivity contribution < 1.29 is 23.7 Å². The lowest BCUT2D eigenvalue weighted by Gasteiger charge is -2.05. The fraction of sp³-hybridized carbons (Fsp3) is 0.167. The predicted molar refractivity (Wildman–Crippen MR) is 58.2 cm³/mol. The van der Waals surface area contributed by atoms with Crippen molar-refractivity contribution in [3.05, 3.63) is 34.7 Å². The third-order valence-electron chi connectivity index (χ3n) is 3.16. The number of hydrogen-bond donors (Lipinski definition) is 0. The summed E-state index contributed by atoms with van der Waals surface area (Å²) in [5, 5.41) is 12.8. The highest BCUT2D eigenvalue weighted by Crippen LogP contribution is 2.36. The molecule has 0 saturated carbocycles. The van der Waals surface area contributed by atoms with Crippen LogP contribution in [0.5, 0.6) is 11.5 Å². The van der Waals surface area contributed by atoms with E-state index in [1.807, 2.05) is 0 Å². The van der Waals surface area contributed by atoms with Gasteiger partial charge in [0, 0.05) is 0 Å². The average molecular weight is 245 g/mol. The Morgan fingerprint density at radius 3 is 2.72 bits per heavy atom. The smallest absolute Gasteiger partial charge is 0.345 e. The van der Waals surface area contributed by atoms with Crippen LogP contribution in [0.2, 0.25) is 0 Å². The van der Waals surface area contributed by atoms with Gasteiger partial charge in [-0.25, -0.2) is 4.79 Å². The Labute approximate surface area is 101 Å². The Bertz CT molecular complexity index is 709. The van der Waals surface area contributed by atoms with E-state index >= 15 is 0 Å². The third-order valence-corrected chi connectivity index (χ3v) is 3.16. The SMILES string of the molecule is O=C1OCc2c1cc1cc3c(cc1[n+]2[O-])OCO3. The van der Waals surface area contributed by atoms with Gasteiger partial charge >= 0.3 is 5.97 Å². The maximum absolute atomic E-state index is 12.2. The van der Waals surface area contributed by atoms with E-state index in [4.69, 9.17) is 14.2 Å². The second-order valence-corrected chi connectivity index (χ2v) is 4.14. The van der Waals surface area contributed by atoms with Crippen molar-refractivity contribution in [3.8, 4) is 11.5 Å². The standard InChI is InChI=1S/C12H7NO5/c14-12-7-1-6-2-10-11(18-5-17-10)3-8(6)13(15)9(7)4-16-12/h1-3H,4-5H2. The first-order valence-electron chi connectivity index (χ1n) is 5.40. The molecule has 0 radical (unpaired) electrons. The second-order valence-electron chi connectivity index (χ2n) is 4.14. The van der Waals surface area contributed by atoms with E-state index in [2.05, 4.69) is 0 Å². The van der Waals surface area contributed by atoms with Crippen LogP contribution >= 0.6 is 0 Å². The minimum Gasteiger partial charge on any atom is -0.618 e. The number of cyclic esters (lactones) is 1. The Hall–Kier alpha value is -2.50. The van der Waals surface area contributed by atoms with Gasteiger partial charge in [-0.3, -0.25) is 0 Å². The molecule has 18 heavy (non-hydrogen) atoms. The first kappa shape index (κ1) is 9.52. The molecule has 0 bridgehead atoms. The first-order chi connectivity index (χ1) is 8.74. The van der Waals surface area contributed by atoms with E-state index in [0.717, 1.165) is 4.73 Å². The van der Waals surface area contributed by atoms with Crippen LogP contribution in [0.3, 0.4) is 0 Å². The summed E-state index contributed by atoms with van der Waals surface area (Å²) in [5.74, 6) is 0.653. The van der Waals surface area contributed by atoms with Gasteiger partial charge in [-0.15, -0.1) is 0 Å². The molecule has 2 aliphatic rings. The average Bonchev–Trinajstić information content (AvgIpc) is 2.95. The summed E-state index contributed by atoms with van der Waals surface area (Å²) in [6.45, 7) is 0.161. The number of fused-ring (bicyclic) bond motifs is 3. The summed E-state index contributed by atoms with van der Waals surface area (Å²) < 4.78 is 16.0. The normalized spacial score (nSPS) is 15.9. The lowest BCUT2D eigenvalue weighted by Crippen LogP contribution is -2.32. The van der Waals surface area contributed by atoms with Gasteiger partial charge in [-0.1, -0.05) is 0 Å². The molecular weight excluding hydrogens is 238 g/mol. The summed E-state index contributed by atoms with van der Waals surface area (Å²) in [4.78, 5) is 11.5. The van der Waals surface area contributed by atoms with E-state index in [-0.39, 0.29) is 13.4 Å². The molecule has 0 unspecified atom stereocenters. The highest BCUT2D eigenvalue weighted by atomic mass is 16.7. The highest BCUT2D eigenvalue weighted by Gasteiger charge is 2.31. The fourth-order valence-electron chi connectivity index (χ4n) is 2.26. The number of benzene rings is 1. The Morgan fingerprint density at radius 2 is 1.89 bits per heavy atom. The molecule has 3 heterocycles. The molecule has 1 aromatic carbocycles. The van der Waals surface area contributed by atoms with Gasteiger partial charge in [-0.2, -0.15) is 4.73 Å². The number of carbonyl (C=O) groups excluding carboxylic acids is 1. The lowest BCUT2D eigenvalue weighted by atomic mass is 10.1. The molecule has 1 aromatic heterocycles. The van der Waals surface area contributed by atoms with Crippen molar-refractivity contribution in [2.24, 2.45) is 0 Å². The van der Waals surface area contributed by atoms with E-state index in [1.165, 1.54) is 0 Å². The molecule has 0 aliphatic carbocycles. The van der Waals surface area contributed by atoms with Crippen molar-refractivity contribution in [3.63, 3.8) is 0 Å². The molecule has 0 fully saturated rings. The largest absolute Gasteiger partial charge is 0.618 e. The molecule has 2 aromatic rings. The van der Waals surface area contributed by atoms with Crippen LogP contribution in [0.1, 0.15) is 16.1 Å². The zero-order chi connectivity index (χ0) is 12.3. The second kappa shape index (κ2) is 3.04. The third kappa shape index (κ3) is 1.07. The van der Waals surface area contributed by atoms with E-state index in [1.54, 1.807) is 18.2 Å². The summed E-state index contributed by atoms with van der Waals surface area (Å²) in [7, 11) is 0. The van der Waals surface area contributed by atoms with Gasteiger partial charge in [0.15, 0.2) is 18.1 Å². The van der Waals surface area contributed by atoms with Crippen LogP contribution in [0.4, 0.5) is 0 Å². The number of nitrogens with zero attached hydrogens (tertiary/aromatic N) is 1. The maximum atomic E-state index is 12.2. The first-order valence-corrected chi connectivity index (χ1v) is 5.40. The maximum Gasteiger partial charge on any atom is 0.345 e. The quantitative estimate of drug-likeness (QED) is 0.391. The number of ether oxygens (including phenoxy) is 3. The van der Waals surface area contributed by atoms with E-state index < -0.39 is 5.97 Å². The van der Waals surface area contributed by atoms with Crippen molar-refractivity contribution >= 4 is 16.9 Å². The van der Waals surface area contributed by atoms with Gasteiger partial charge in [0.25, 0.3) is 0 Å². The van der Waals surface area contributed by atoms with Crippen molar-refractivity contribution in [1.29, 1.82) is 0 Å². The van der Waals surface area contributed by atoms with Crippen LogP contribution < -0.4 is 14.2 Å². The minimum absolute atomic E-state index is 0.0159. The molecule has 0 atom stereocenters. The predicted octanol–water partition coefficient (Wildman–Crippen LogP) is 0.872. The van der Waals surface area contributed by atoms with Crippen LogP contribution in [-0.2, 0) is 11.3 Å². The van der Waals surface area contributed by atoms with Gasteiger partial charge in [0.2, 0.25) is 18.0 Å². The van der Waals surface area contributed by atoms with Crippen LogP contribution in [-0.4, -0.2) is 12.8 Å². The number of pyridine rings is 1. The number of rotatable bonds is 0. The molecule has 0 amide bonds. The molecule has 4 rings (SSSR count). The number of aromatic nitrogens is 1. The summed E-state index contributed by atoms with van der Waals surface area (Å²) in [6.07, 6.45) is 0. The molecular formula is C12H7NO5. The molecule has 6 nitrogen and oxygen atoms in total. The van der Waals surface area contributed by atoms with Crippen molar-refractivity contribution in [2.75, 3.05) is 6.79 Å². The molecule has 90 valence electrons. The number of hydrogen-bond acceptors (Lipinski definition) is 5. The van der Waals surface area contributed by atoms with Gasteiger partial charge in [0.05, 0.1) is 11.5 Å². The fourth-order valence-corrected chi connectivity index (χ4v) is 2.26. The van der Waals surface area contributed by atoms with Crippen molar-refractivity contribution in [2.45, 2.75) is 6.61 Å². The monoisotopic (exact) mass is 245 g/mol. The Kier molecular flexibility index (Phi) is 1.61. The molecule has 0 saturated heterocycles. The molecule has 0 N–H and O–H groups in total. The summed E-state index contributed by atoms with van der Waals surface area (Å²) in [5.41, 5.74) is 1.10. The van der Waals surface area contributed by atoms with E-state index in [9.17, 15) is 10.0 Å². The topological polar surface area (TPSA) is 71.7 Å². The summed E-state index contributed by atoms with van der Waals surface area (Å²) in [6, 6.07) is 4.96. The van der Waals surface area contributed by atoms with Gasteiger partial charge in [0.1, 0.15) is 5.56 Å². The van der Waals surface area contributed by atoms with Crippen LogP contribution in [0, 0.1) is 5.21 Å². The van der Waals surface area contributed by atoms with Gasteiger partial charge in [-0.05, 0) is 12.1 Å². The Morgan fingerprint density at radius 1 is 1.11 bits per heavy atom. The lowest BCUT2D eigenvalue weighted by molar-refractivity contribution is -0.587. The molecule has 2 aliphatic heterocycles. The summed E-state index contributed by atoms with van der Waals surface area (Å²) >= 11 is 0. The van der Waals surface area contributed by atoms with Crippen LogP contribution in [0.15, 0.2) is 18.2 Å². The molecule has 0 spiro atoms. The number of carbonyl (C=O) groups is 1. The van der Waals surface area contributed by atoms with E-state index in [0.29, 0.717) is 33.7 Å². The van der Waals surface area contributed by atoms with Crippen molar-refractivity contribution in [1.82, 2.24) is 0 Å². The van der Waals surface area contributed by atoms with Gasteiger partial charge < -0.3 is 19.4 Å². The minimum atomic E-state index is -0.464.